The summed E-state index contributed by atoms with van der Waals surface area (Å²) in [6.07, 6.45) is -5.23. The van der Waals surface area contributed by atoms with E-state index in [0.29, 0.717) is 27.4 Å². The van der Waals surface area contributed by atoms with Gasteiger partial charge in [0.1, 0.15) is 30.5 Å². The summed E-state index contributed by atoms with van der Waals surface area (Å²) in [5.41, 5.74) is 1.47. The number of pyridine rings is 1. The number of aliphatic hydroxyl groups excluding tert-OH is 5. The zero-order valence-corrected chi connectivity index (χ0v) is 17.0. The molecule has 10 nitrogen and oxygen atoms in total. The minimum absolute atomic E-state index is 0.0915. The molecular weight excluding hydrogens is 430 g/mol. The Morgan fingerprint density at radius 1 is 1.06 bits per heavy atom. The van der Waals surface area contributed by atoms with Gasteiger partial charge in [-0.05, 0) is 28.8 Å². The minimum atomic E-state index is -1.54. The van der Waals surface area contributed by atoms with Crippen LogP contribution in [0.15, 0.2) is 41.3 Å². The average Bonchev–Trinajstić information content (AvgIpc) is 3.07. The van der Waals surface area contributed by atoms with Gasteiger partial charge in [0, 0.05) is 6.20 Å². The Kier molecular flexibility index (Phi) is 6.13. The van der Waals surface area contributed by atoms with Crippen molar-refractivity contribution in [3.63, 3.8) is 0 Å². The lowest BCUT2D eigenvalue weighted by Crippen LogP contribution is -2.55. The number of rotatable bonds is 5. The van der Waals surface area contributed by atoms with Crippen molar-refractivity contribution in [1.82, 2.24) is 14.2 Å². The average molecular weight is 452 g/mol. The third kappa shape index (κ3) is 3.99. The minimum Gasteiger partial charge on any atom is -0.394 e. The highest BCUT2D eigenvalue weighted by Crippen LogP contribution is 2.34. The van der Waals surface area contributed by atoms with Crippen LogP contribution in [0.25, 0.3) is 5.65 Å². The van der Waals surface area contributed by atoms with Crippen molar-refractivity contribution in [2.24, 2.45) is 0 Å². The van der Waals surface area contributed by atoms with Crippen LogP contribution < -0.4 is 5.69 Å². The number of halogens is 1. The molecule has 1 aliphatic rings. The number of fused-ring (bicyclic) bond motifs is 1. The van der Waals surface area contributed by atoms with Crippen LogP contribution >= 0.6 is 11.6 Å². The van der Waals surface area contributed by atoms with E-state index in [1.807, 2.05) is 0 Å². The molecule has 0 spiro atoms. The van der Waals surface area contributed by atoms with Gasteiger partial charge in [0.15, 0.2) is 5.65 Å². The molecule has 5 atom stereocenters. The van der Waals surface area contributed by atoms with Crippen LogP contribution in [0, 0.1) is 0 Å². The number of hydrogen-bond acceptors (Lipinski definition) is 8. The smallest absolute Gasteiger partial charge is 0.350 e. The van der Waals surface area contributed by atoms with Crippen LogP contribution in [0.3, 0.4) is 0 Å². The van der Waals surface area contributed by atoms with E-state index in [4.69, 9.17) is 16.3 Å². The van der Waals surface area contributed by atoms with E-state index in [1.54, 1.807) is 30.3 Å². The third-order valence-electron chi connectivity index (χ3n) is 5.45. The molecule has 1 aromatic carbocycles. The van der Waals surface area contributed by atoms with E-state index >= 15 is 0 Å². The van der Waals surface area contributed by atoms with Crippen molar-refractivity contribution in [2.75, 3.05) is 6.61 Å². The van der Waals surface area contributed by atoms with Gasteiger partial charge in [-0.2, -0.15) is 0 Å². The lowest BCUT2D eigenvalue weighted by atomic mass is 9.88. The summed E-state index contributed by atoms with van der Waals surface area (Å²) in [5, 5.41) is 54.4. The Balaban J connectivity index is 1.70. The summed E-state index contributed by atoms with van der Waals surface area (Å²) in [5.74, 6) is 0. The SMILES string of the molecule is O=c1n(Cc2ccc(CO)c([C@@H]3OC(CO)[C@H](O)[C@H](O)C3O)c2)nc2ccc(Cl)cn12. The van der Waals surface area contributed by atoms with Crippen molar-refractivity contribution in [1.29, 1.82) is 0 Å². The second-order valence-electron chi connectivity index (χ2n) is 7.46. The van der Waals surface area contributed by atoms with E-state index in [0.717, 1.165) is 0 Å². The highest BCUT2D eigenvalue weighted by Gasteiger charge is 2.44. The van der Waals surface area contributed by atoms with Crippen molar-refractivity contribution in [3.05, 3.63) is 68.7 Å². The highest BCUT2D eigenvalue weighted by molar-refractivity contribution is 6.30. The summed E-state index contributed by atoms with van der Waals surface area (Å²) >= 11 is 5.95. The molecule has 2 unspecified atom stereocenters. The van der Waals surface area contributed by atoms with Gasteiger partial charge in [0.05, 0.1) is 24.8 Å². The van der Waals surface area contributed by atoms with Crippen molar-refractivity contribution >= 4 is 17.2 Å². The van der Waals surface area contributed by atoms with Gasteiger partial charge in [-0.1, -0.05) is 29.8 Å². The second kappa shape index (κ2) is 8.67. The van der Waals surface area contributed by atoms with Gasteiger partial charge in [-0.25, -0.2) is 13.9 Å². The van der Waals surface area contributed by atoms with Crippen LogP contribution in [0.4, 0.5) is 0 Å². The first kappa shape index (κ1) is 21.9. The Hall–Kier alpha value is -2.31. The molecule has 2 aromatic heterocycles. The molecule has 1 saturated heterocycles. The van der Waals surface area contributed by atoms with Crippen molar-refractivity contribution in [3.8, 4) is 0 Å². The Labute approximate surface area is 181 Å². The van der Waals surface area contributed by atoms with E-state index < -0.39 is 42.8 Å². The van der Waals surface area contributed by atoms with Crippen LogP contribution in [0.2, 0.25) is 5.02 Å². The maximum atomic E-state index is 12.6. The van der Waals surface area contributed by atoms with Crippen LogP contribution in [0.5, 0.6) is 0 Å². The summed E-state index contributed by atoms with van der Waals surface area (Å²) in [6, 6.07) is 8.18. The fourth-order valence-corrected chi connectivity index (χ4v) is 3.94. The zero-order chi connectivity index (χ0) is 22.3. The summed E-state index contributed by atoms with van der Waals surface area (Å²) in [7, 11) is 0. The predicted molar refractivity (Wildman–Crippen MR) is 109 cm³/mol. The lowest BCUT2D eigenvalue weighted by Gasteiger charge is -2.40. The van der Waals surface area contributed by atoms with Crippen molar-refractivity contribution < 1.29 is 30.3 Å². The van der Waals surface area contributed by atoms with Crippen molar-refractivity contribution in [2.45, 2.75) is 43.7 Å². The predicted octanol–water partition coefficient (Wildman–Crippen LogP) is -0.795. The highest BCUT2D eigenvalue weighted by atomic mass is 35.5. The molecule has 5 N–H and O–H groups in total. The molecule has 0 radical (unpaired) electrons. The Morgan fingerprint density at radius 2 is 1.84 bits per heavy atom. The summed E-state index contributed by atoms with van der Waals surface area (Å²) in [4.78, 5) is 12.6. The molecule has 1 fully saturated rings. The molecule has 0 amide bonds. The van der Waals surface area contributed by atoms with Gasteiger partial charge in [0.2, 0.25) is 0 Å². The van der Waals surface area contributed by atoms with Gasteiger partial charge in [-0.3, -0.25) is 0 Å². The van der Waals surface area contributed by atoms with Crippen LogP contribution in [0.1, 0.15) is 22.8 Å². The quantitative estimate of drug-likeness (QED) is 0.338. The number of aliphatic hydroxyl groups is 5. The van der Waals surface area contributed by atoms with E-state index in [1.165, 1.54) is 15.3 Å². The molecule has 31 heavy (non-hydrogen) atoms. The lowest BCUT2D eigenvalue weighted by molar-refractivity contribution is -0.232. The zero-order valence-electron chi connectivity index (χ0n) is 16.2. The molecular formula is C20H22ClN3O7. The normalized spacial score (nSPS) is 26.5. The topological polar surface area (TPSA) is 150 Å². The Bertz CT molecular complexity index is 1150. The first-order valence-corrected chi connectivity index (χ1v) is 9.99. The molecule has 0 saturated carbocycles. The maximum Gasteiger partial charge on any atom is 0.350 e. The molecule has 3 aromatic rings. The summed E-state index contributed by atoms with van der Waals surface area (Å²) < 4.78 is 8.19. The maximum absolute atomic E-state index is 12.6. The largest absolute Gasteiger partial charge is 0.394 e. The molecule has 1 aliphatic heterocycles. The number of ether oxygens (including phenoxy) is 1. The number of benzene rings is 1. The van der Waals surface area contributed by atoms with Gasteiger partial charge >= 0.3 is 5.69 Å². The van der Waals surface area contributed by atoms with Gasteiger partial charge < -0.3 is 30.3 Å². The molecule has 166 valence electrons. The first-order valence-electron chi connectivity index (χ1n) is 9.62. The molecule has 0 aliphatic carbocycles. The fraction of sp³-hybridized carbons (Fsp3) is 0.400. The number of aromatic nitrogens is 3. The summed E-state index contributed by atoms with van der Waals surface area (Å²) in [6.45, 7) is -0.833. The molecule has 4 rings (SSSR count). The molecule has 11 heteroatoms. The molecule has 3 heterocycles. The van der Waals surface area contributed by atoms with Gasteiger partial charge in [-0.15, -0.1) is 5.10 Å². The standard InChI is InChI=1S/C20H22ClN3O7/c21-12-3-4-15-22-24(20(30)23(15)7-12)6-10-1-2-11(8-25)13(5-10)19-18(29)17(28)16(27)14(9-26)31-19/h1-5,7,14,16-19,25-29H,6,8-9H2/t14?,16-,17-,18?,19-/m0/s1. The fourth-order valence-electron chi connectivity index (χ4n) is 3.78. The van der Waals surface area contributed by atoms with E-state index in [2.05, 4.69) is 5.10 Å². The number of nitrogens with zero attached hydrogens (tertiary/aromatic N) is 3. The second-order valence-corrected chi connectivity index (χ2v) is 7.89. The van der Waals surface area contributed by atoms with Gasteiger partial charge in [0.25, 0.3) is 0 Å². The van der Waals surface area contributed by atoms with E-state index in [9.17, 15) is 30.3 Å². The van der Waals surface area contributed by atoms with Crippen LogP contribution in [-0.2, 0) is 17.9 Å². The monoisotopic (exact) mass is 451 g/mol. The van der Waals surface area contributed by atoms with Crippen LogP contribution in [-0.4, -0.2) is 70.7 Å². The molecule has 0 bridgehead atoms. The number of hydrogen-bond donors (Lipinski definition) is 5. The first-order chi connectivity index (χ1) is 14.8. The third-order valence-corrected chi connectivity index (χ3v) is 5.68. The Morgan fingerprint density at radius 3 is 2.55 bits per heavy atom. The van der Waals surface area contributed by atoms with E-state index in [-0.39, 0.29) is 13.2 Å².